The highest BCUT2D eigenvalue weighted by atomic mass is 35.5. The molecule has 1 saturated heterocycles. The number of fused-ring (bicyclic) bond motifs is 2. The normalized spacial score (nSPS) is 14.1. The van der Waals surface area contributed by atoms with Gasteiger partial charge in [-0.2, -0.15) is 5.10 Å². The summed E-state index contributed by atoms with van der Waals surface area (Å²) in [6.07, 6.45) is 3.62. The van der Waals surface area contributed by atoms with Crippen LogP contribution < -0.4 is 10.2 Å². The number of hydrogen-bond acceptors (Lipinski definition) is 5. The molecule has 0 saturated carbocycles. The van der Waals surface area contributed by atoms with Gasteiger partial charge in [-0.3, -0.25) is 9.89 Å². The Balaban J connectivity index is 1.38. The van der Waals surface area contributed by atoms with Crippen molar-refractivity contribution in [2.45, 2.75) is 0 Å². The van der Waals surface area contributed by atoms with Crippen LogP contribution in [0.15, 0.2) is 60.9 Å². The number of carbonyl (C=O) groups excluding carboxylic acids is 1. The van der Waals surface area contributed by atoms with Crippen molar-refractivity contribution in [2.75, 3.05) is 36.5 Å². The first-order valence-corrected chi connectivity index (χ1v) is 11.4. The first kappa shape index (κ1) is 20.7. The summed E-state index contributed by atoms with van der Waals surface area (Å²) >= 11 is 6.38. The highest BCUT2D eigenvalue weighted by Gasteiger charge is 2.19. The van der Waals surface area contributed by atoms with Gasteiger partial charge < -0.3 is 19.9 Å². The van der Waals surface area contributed by atoms with E-state index in [4.69, 9.17) is 16.3 Å². The van der Waals surface area contributed by atoms with Gasteiger partial charge in [-0.05, 0) is 47.5 Å². The summed E-state index contributed by atoms with van der Waals surface area (Å²) in [5.74, 6) is 0.332. The monoisotopic (exact) mass is 472 g/mol. The molecule has 0 aliphatic carbocycles. The van der Waals surface area contributed by atoms with E-state index in [1.54, 1.807) is 12.3 Å². The Morgan fingerprint density at radius 1 is 1.06 bits per heavy atom. The molecule has 0 bridgehead atoms. The van der Waals surface area contributed by atoms with Gasteiger partial charge in [-0.1, -0.05) is 23.7 Å². The van der Waals surface area contributed by atoms with Crippen molar-refractivity contribution in [3.63, 3.8) is 0 Å². The van der Waals surface area contributed by atoms with E-state index in [0.717, 1.165) is 46.0 Å². The number of nitrogens with zero attached hydrogens (tertiary/aromatic N) is 3. The number of benzene rings is 2. The molecule has 2 aromatic carbocycles. The summed E-state index contributed by atoms with van der Waals surface area (Å²) in [6, 6.07) is 15.7. The van der Waals surface area contributed by atoms with E-state index in [1.165, 1.54) is 0 Å². The topological polar surface area (TPSA) is 98.9 Å². The zero-order chi connectivity index (χ0) is 23.1. The molecule has 3 aromatic heterocycles. The third-order valence-electron chi connectivity index (χ3n) is 6.09. The second-order valence-electron chi connectivity index (χ2n) is 8.15. The largest absolute Gasteiger partial charge is 0.378 e. The molecule has 0 unspecified atom stereocenters. The summed E-state index contributed by atoms with van der Waals surface area (Å²) in [5, 5.41) is 12.4. The van der Waals surface area contributed by atoms with Crippen LogP contribution in [0.2, 0.25) is 5.02 Å². The number of carbonyl (C=O) groups is 1. The lowest BCUT2D eigenvalue weighted by Crippen LogP contribution is -2.37. The number of aromatic nitrogens is 4. The predicted octanol–water partition coefficient (Wildman–Crippen LogP) is 4.85. The minimum atomic E-state index is -0.375. The van der Waals surface area contributed by atoms with Gasteiger partial charge in [-0.15, -0.1) is 0 Å². The number of aromatic amines is 2. The van der Waals surface area contributed by atoms with E-state index in [9.17, 15) is 4.79 Å². The third kappa shape index (κ3) is 3.67. The molecule has 4 heterocycles. The van der Waals surface area contributed by atoms with Crippen molar-refractivity contribution in [1.29, 1.82) is 0 Å². The molecule has 8 nitrogen and oxygen atoms in total. The zero-order valence-corrected chi connectivity index (χ0v) is 18.9. The Kier molecular flexibility index (Phi) is 5.16. The van der Waals surface area contributed by atoms with Gasteiger partial charge >= 0.3 is 0 Å². The lowest BCUT2D eigenvalue weighted by molar-refractivity contribution is 0.102. The number of nitrogens with one attached hydrogen (secondary N) is 3. The first-order chi connectivity index (χ1) is 16.7. The van der Waals surface area contributed by atoms with Crippen LogP contribution in [0.5, 0.6) is 0 Å². The fraction of sp³-hybridized carbons (Fsp3) is 0.160. The number of anilines is 2. The molecule has 34 heavy (non-hydrogen) atoms. The number of pyridine rings is 1. The molecule has 0 radical (unpaired) electrons. The highest BCUT2D eigenvalue weighted by molar-refractivity contribution is 6.34. The van der Waals surface area contributed by atoms with Crippen LogP contribution in [0.3, 0.4) is 0 Å². The Labute approximate surface area is 199 Å². The van der Waals surface area contributed by atoms with E-state index in [2.05, 4.69) is 36.4 Å². The van der Waals surface area contributed by atoms with Gasteiger partial charge in [0.25, 0.3) is 5.91 Å². The number of H-pyrrole nitrogens is 2. The van der Waals surface area contributed by atoms with Crippen LogP contribution in [0, 0.1) is 0 Å². The van der Waals surface area contributed by atoms with E-state index in [1.807, 2.05) is 42.6 Å². The molecule has 5 aromatic rings. The van der Waals surface area contributed by atoms with Crippen molar-refractivity contribution in [3.8, 4) is 11.1 Å². The summed E-state index contributed by atoms with van der Waals surface area (Å²) in [4.78, 5) is 23.2. The van der Waals surface area contributed by atoms with Crippen LogP contribution in [0.25, 0.3) is 32.9 Å². The maximum Gasteiger partial charge on any atom is 0.275 e. The van der Waals surface area contributed by atoms with Crippen molar-refractivity contribution < 1.29 is 9.53 Å². The van der Waals surface area contributed by atoms with E-state index >= 15 is 0 Å². The molecule has 6 rings (SSSR count). The molecule has 0 spiro atoms. The Hall–Kier alpha value is -3.88. The molecular formula is C25H21ClN6O2. The average molecular weight is 473 g/mol. The molecule has 1 amide bonds. The van der Waals surface area contributed by atoms with Gasteiger partial charge in [0.2, 0.25) is 0 Å². The molecule has 9 heteroatoms. The summed E-state index contributed by atoms with van der Waals surface area (Å²) < 4.78 is 5.42. The van der Waals surface area contributed by atoms with Crippen LogP contribution in [-0.2, 0) is 4.74 Å². The fourth-order valence-electron chi connectivity index (χ4n) is 4.39. The summed E-state index contributed by atoms with van der Waals surface area (Å²) in [7, 11) is 0. The van der Waals surface area contributed by atoms with Gasteiger partial charge in [0, 0.05) is 35.6 Å². The Morgan fingerprint density at radius 3 is 2.82 bits per heavy atom. The minimum absolute atomic E-state index is 0.181. The number of amides is 1. The average Bonchev–Trinajstić information content (AvgIpc) is 3.54. The zero-order valence-electron chi connectivity index (χ0n) is 18.1. The Bertz CT molecular complexity index is 1520. The SMILES string of the molecule is O=C(Nc1cc(-c2cccc3[nH]ccc23)cc2[nH]ncc12)c1nc(N2CCOCC2)ccc1Cl. The number of morpholine rings is 1. The quantitative estimate of drug-likeness (QED) is 0.347. The van der Waals surface area contributed by atoms with Crippen molar-refractivity contribution in [1.82, 2.24) is 20.2 Å². The maximum absolute atomic E-state index is 13.3. The molecule has 1 aliphatic rings. The predicted molar refractivity (Wildman–Crippen MR) is 134 cm³/mol. The molecule has 0 atom stereocenters. The summed E-state index contributed by atoms with van der Waals surface area (Å²) in [6.45, 7) is 2.70. The van der Waals surface area contributed by atoms with Crippen LogP contribution in [0.1, 0.15) is 10.5 Å². The molecular weight excluding hydrogens is 452 g/mol. The third-order valence-corrected chi connectivity index (χ3v) is 6.40. The van der Waals surface area contributed by atoms with Crippen molar-refractivity contribution in [3.05, 3.63) is 71.6 Å². The standard InChI is InChI=1S/C25H21ClN6O2/c26-19-4-5-23(32-8-10-34-11-9-32)30-24(19)25(33)29-21-12-15(13-22-18(21)14-28-31-22)16-2-1-3-20-17(16)6-7-27-20/h1-7,12-14,27H,8-11H2,(H,28,31)(H,29,33). The number of hydrogen-bond donors (Lipinski definition) is 3. The van der Waals surface area contributed by atoms with E-state index in [0.29, 0.717) is 29.7 Å². The number of halogens is 1. The van der Waals surface area contributed by atoms with Gasteiger partial charge in [0.1, 0.15) is 11.5 Å². The Morgan fingerprint density at radius 2 is 1.94 bits per heavy atom. The first-order valence-electron chi connectivity index (χ1n) is 11.0. The second kappa shape index (κ2) is 8.48. The van der Waals surface area contributed by atoms with E-state index in [-0.39, 0.29) is 11.6 Å². The van der Waals surface area contributed by atoms with Crippen LogP contribution >= 0.6 is 11.6 Å². The lowest BCUT2D eigenvalue weighted by Gasteiger charge is -2.28. The second-order valence-corrected chi connectivity index (χ2v) is 8.56. The highest BCUT2D eigenvalue weighted by Crippen LogP contribution is 2.34. The maximum atomic E-state index is 13.3. The smallest absolute Gasteiger partial charge is 0.275 e. The van der Waals surface area contributed by atoms with Gasteiger partial charge in [0.05, 0.1) is 35.6 Å². The molecule has 1 fully saturated rings. The van der Waals surface area contributed by atoms with Crippen LogP contribution in [-0.4, -0.2) is 52.4 Å². The fourth-order valence-corrected chi connectivity index (χ4v) is 4.58. The van der Waals surface area contributed by atoms with Crippen LogP contribution in [0.4, 0.5) is 11.5 Å². The minimum Gasteiger partial charge on any atom is -0.378 e. The molecule has 1 aliphatic heterocycles. The summed E-state index contributed by atoms with van der Waals surface area (Å²) in [5.41, 5.74) is 4.69. The molecule has 3 N–H and O–H groups in total. The van der Waals surface area contributed by atoms with Gasteiger partial charge in [-0.25, -0.2) is 4.98 Å². The number of rotatable bonds is 4. The lowest BCUT2D eigenvalue weighted by atomic mass is 9.99. The van der Waals surface area contributed by atoms with E-state index < -0.39 is 0 Å². The molecule has 170 valence electrons. The van der Waals surface area contributed by atoms with Gasteiger partial charge in [0.15, 0.2) is 0 Å². The number of ether oxygens (including phenoxy) is 1. The van der Waals surface area contributed by atoms with Crippen molar-refractivity contribution >= 4 is 50.8 Å². The van der Waals surface area contributed by atoms with Crippen molar-refractivity contribution in [2.24, 2.45) is 0 Å².